The van der Waals surface area contributed by atoms with Gasteiger partial charge in [-0.2, -0.15) is 0 Å². The highest BCUT2D eigenvalue weighted by Gasteiger charge is 2.19. The molecule has 1 aromatic carbocycles. The average molecular weight is 566 g/mol. The lowest BCUT2D eigenvalue weighted by atomic mass is 10.2. The number of hydrogen-bond acceptors (Lipinski definition) is 8. The van der Waals surface area contributed by atoms with E-state index in [1.54, 1.807) is 31.0 Å². The van der Waals surface area contributed by atoms with Crippen LogP contribution in [0, 0.1) is 6.92 Å². The Bertz CT molecular complexity index is 1440. The van der Waals surface area contributed by atoms with E-state index in [1.807, 2.05) is 36.4 Å². The fourth-order valence-electron chi connectivity index (χ4n) is 4.47. The third kappa shape index (κ3) is 9.17. The summed E-state index contributed by atoms with van der Waals surface area (Å²) in [5.41, 5.74) is 1.99. The normalized spacial score (nSPS) is 13.5. The summed E-state index contributed by atoms with van der Waals surface area (Å²) in [5, 5.41) is 15.6. The van der Waals surface area contributed by atoms with Crippen LogP contribution in [0.5, 0.6) is 5.75 Å². The topological polar surface area (TPSA) is 147 Å². The molecule has 0 bridgehead atoms. The van der Waals surface area contributed by atoms with E-state index in [0.717, 1.165) is 56.3 Å². The molecule has 0 atom stereocenters. The third-order valence-electron chi connectivity index (χ3n) is 6.49. The SMILES string of the molecule is COc1ccccc1N1CCN(CCCn2c(=O)c(C)cn(Cc3ccccn3)c2=O)CC1.O=C(O)/C=C/C(=O)O. The van der Waals surface area contributed by atoms with Crippen LogP contribution in [-0.4, -0.2) is 81.0 Å². The number of piperazine rings is 1. The largest absolute Gasteiger partial charge is 0.495 e. The Morgan fingerprint density at radius 3 is 2.22 bits per heavy atom. The van der Waals surface area contributed by atoms with Gasteiger partial charge >= 0.3 is 17.6 Å². The van der Waals surface area contributed by atoms with E-state index >= 15 is 0 Å². The van der Waals surface area contributed by atoms with E-state index < -0.39 is 11.9 Å². The summed E-state index contributed by atoms with van der Waals surface area (Å²) in [6.07, 6.45) is 5.20. The minimum absolute atomic E-state index is 0.210. The van der Waals surface area contributed by atoms with Crippen molar-refractivity contribution >= 4 is 17.6 Å². The molecule has 4 rings (SSSR count). The van der Waals surface area contributed by atoms with Crippen LogP contribution < -0.4 is 20.9 Å². The zero-order valence-electron chi connectivity index (χ0n) is 23.2. The van der Waals surface area contributed by atoms with Gasteiger partial charge in [0.15, 0.2) is 0 Å². The number of pyridine rings is 1. The van der Waals surface area contributed by atoms with Crippen molar-refractivity contribution in [2.24, 2.45) is 0 Å². The van der Waals surface area contributed by atoms with Gasteiger partial charge in [0.1, 0.15) is 5.75 Å². The number of methoxy groups -OCH3 is 1. The summed E-state index contributed by atoms with van der Waals surface area (Å²) in [6, 6.07) is 13.7. The molecule has 2 N–H and O–H groups in total. The molecule has 41 heavy (non-hydrogen) atoms. The van der Waals surface area contributed by atoms with Gasteiger partial charge in [0.2, 0.25) is 0 Å². The quantitative estimate of drug-likeness (QED) is 0.348. The predicted octanol–water partition coefficient (Wildman–Crippen LogP) is 1.69. The zero-order valence-corrected chi connectivity index (χ0v) is 23.2. The monoisotopic (exact) mass is 565 g/mol. The van der Waals surface area contributed by atoms with Crippen LogP contribution in [-0.2, 0) is 22.7 Å². The molecule has 0 aliphatic carbocycles. The Labute approximate surface area is 237 Å². The van der Waals surface area contributed by atoms with Gasteiger partial charge in [0, 0.05) is 62.8 Å². The minimum atomic E-state index is -1.26. The van der Waals surface area contributed by atoms with Crippen LogP contribution in [0.15, 0.2) is 76.6 Å². The maximum atomic E-state index is 13.0. The maximum absolute atomic E-state index is 13.0. The summed E-state index contributed by atoms with van der Waals surface area (Å²) in [7, 11) is 1.70. The van der Waals surface area contributed by atoms with Crippen LogP contribution in [0.4, 0.5) is 5.69 Å². The van der Waals surface area contributed by atoms with Gasteiger partial charge in [-0.25, -0.2) is 14.4 Å². The fourth-order valence-corrected chi connectivity index (χ4v) is 4.47. The standard InChI is InChI=1S/C25H31N5O3.C4H4O4/c1-20-18-29(19-21-8-5-6-11-26-21)25(32)30(24(20)31)13-7-12-27-14-16-28(17-15-27)22-9-3-4-10-23(22)33-2;5-3(6)1-2-4(7)8/h3-6,8-11,18H,7,12-17,19H2,1-2H3;1-2H,(H,5,6)(H,7,8)/b;2-1+. The van der Waals surface area contributed by atoms with Crippen molar-refractivity contribution in [2.45, 2.75) is 26.4 Å². The molecule has 0 amide bonds. The number of hydrogen-bond donors (Lipinski definition) is 2. The van der Waals surface area contributed by atoms with Gasteiger partial charge in [-0.05, 0) is 44.2 Å². The summed E-state index contributed by atoms with van der Waals surface area (Å²) in [5.74, 6) is -1.62. The van der Waals surface area contributed by atoms with Crippen molar-refractivity contribution in [1.82, 2.24) is 19.0 Å². The number of rotatable bonds is 10. The number of nitrogens with zero attached hydrogens (tertiary/aromatic N) is 5. The smallest absolute Gasteiger partial charge is 0.331 e. The first-order valence-corrected chi connectivity index (χ1v) is 13.1. The fraction of sp³-hybridized carbons (Fsp3) is 0.345. The highest BCUT2D eigenvalue weighted by Crippen LogP contribution is 2.28. The predicted molar refractivity (Wildman–Crippen MR) is 154 cm³/mol. The first-order chi connectivity index (χ1) is 19.7. The number of anilines is 1. The van der Waals surface area contributed by atoms with Gasteiger partial charge in [0.25, 0.3) is 5.56 Å². The molecule has 1 aliphatic rings. The van der Waals surface area contributed by atoms with Crippen LogP contribution in [0.25, 0.3) is 0 Å². The van der Waals surface area contributed by atoms with E-state index in [4.69, 9.17) is 14.9 Å². The molecular formula is C29H35N5O7. The lowest BCUT2D eigenvalue weighted by Crippen LogP contribution is -2.47. The molecule has 1 aliphatic heterocycles. The lowest BCUT2D eigenvalue weighted by Gasteiger charge is -2.36. The number of aryl methyl sites for hydroxylation is 1. The second kappa shape index (κ2) is 15.2. The summed E-state index contributed by atoms with van der Waals surface area (Å²) < 4.78 is 8.43. The Morgan fingerprint density at radius 1 is 0.951 bits per heavy atom. The Morgan fingerprint density at radius 2 is 1.61 bits per heavy atom. The number of carboxylic acid groups (broad SMARTS) is 2. The van der Waals surface area contributed by atoms with Gasteiger partial charge in [-0.1, -0.05) is 18.2 Å². The molecule has 1 saturated heterocycles. The molecule has 0 spiro atoms. The summed E-state index contributed by atoms with van der Waals surface area (Å²) >= 11 is 0. The number of carbonyl (C=O) groups is 2. The van der Waals surface area contributed by atoms with Crippen molar-refractivity contribution in [1.29, 1.82) is 0 Å². The highest BCUT2D eigenvalue weighted by atomic mass is 16.5. The molecule has 3 aromatic rings. The van der Waals surface area contributed by atoms with Gasteiger partial charge in [0.05, 0.1) is 25.0 Å². The Kier molecular flexibility index (Phi) is 11.4. The average Bonchev–Trinajstić information content (AvgIpc) is 2.98. The van der Waals surface area contributed by atoms with Crippen molar-refractivity contribution in [3.8, 4) is 5.75 Å². The Balaban J connectivity index is 0.000000507. The lowest BCUT2D eigenvalue weighted by molar-refractivity contribution is -0.134. The molecule has 0 unspecified atom stereocenters. The second-order valence-electron chi connectivity index (χ2n) is 9.36. The number of ether oxygens (including phenoxy) is 1. The van der Waals surface area contributed by atoms with Gasteiger partial charge in [-0.3, -0.25) is 23.8 Å². The number of carboxylic acids is 2. The molecule has 0 radical (unpaired) electrons. The van der Waals surface area contributed by atoms with E-state index in [2.05, 4.69) is 20.9 Å². The van der Waals surface area contributed by atoms with Gasteiger partial charge < -0.3 is 19.8 Å². The molecule has 12 nitrogen and oxygen atoms in total. The molecule has 218 valence electrons. The molecule has 12 heteroatoms. The molecule has 2 aromatic heterocycles. The van der Waals surface area contributed by atoms with Crippen LogP contribution in [0.3, 0.4) is 0 Å². The maximum Gasteiger partial charge on any atom is 0.331 e. The molecular weight excluding hydrogens is 530 g/mol. The highest BCUT2D eigenvalue weighted by molar-refractivity contribution is 5.89. The first-order valence-electron chi connectivity index (χ1n) is 13.1. The molecule has 3 heterocycles. The van der Waals surface area contributed by atoms with Crippen molar-refractivity contribution < 1.29 is 24.5 Å². The number of para-hydroxylation sites is 2. The van der Waals surface area contributed by atoms with Crippen molar-refractivity contribution in [2.75, 3.05) is 44.7 Å². The van der Waals surface area contributed by atoms with E-state index in [0.29, 0.717) is 30.8 Å². The molecule has 0 saturated carbocycles. The number of benzene rings is 1. The van der Waals surface area contributed by atoms with Gasteiger partial charge in [-0.15, -0.1) is 0 Å². The Hall–Kier alpha value is -4.71. The first kappa shape index (κ1) is 30.8. The van der Waals surface area contributed by atoms with E-state index in [-0.39, 0.29) is 11.2 Å². The molecule has 1 fully saturated rings. The van der Waals surface area contributed by atoms with Crippen LogP contribution >= 0.6 is 0 Å². The minimum Gasteiger partial charge on any atom is -0.495 e. The van der Waals surface area contributed by atoms with Crippen molar-refractivity contribution in [3.05, 3.63) is 99.1 Å². The zero-order chi connectivity index (χ0) is 29.8. The third-order valence-corrected chi connectivity index (χ3v) is 6.49. The second-order valence-corrected chi connectivity index (χ2v) is 9.36. The summed E-state index contributed by atoms with van der Waals surface area (Å²) in [6.45, 7) is 7.07. The van der Waals surface area contributed by atoms with Crippen LogP contribution in [0.2, 0.25) is 0 Å². The summed E-state index contributed by atoms with van der Waals surface area (Å²) in [4.78, 5) is 53.7. The van der Waals surface area contributed by atoms with Crippen LogP contribution in [0.1, 0.15) is 17.7 Å². The number of aromatic nitrogens is 3. The van der Waals surface area contributed by atoms with E-state index in [9.17, 15) is 19.2 Å². The van der Waals surface area contributed by atoms with Crippen molar-refractivity contribution in [3.63, 3.8) is 0 Å². The number of aliphatic carboxylic acids is 2. The van der Waals surface area contributed by atoms with E-state index in [1.165, 1.54) is 4.57 Å².